The van der Waals surface area contributed by atoms with Crippen molar-refractivity contribution in [2.75, 3.05) is 12.4 Å². The van der Waals surface area contributed by atoms with Crippen molar-refractivity contribution in [3.8, 4) is 0 Å². The van der Waals surface area contributed by atoms with E-state index in [1.54, 1.807) is 18.2 Å². The van der Waals surface area contributed by atoms with Gasteiger partial charge in [-0.1, -0.05) is 5.16 Å². The lowest BCUT2D eigenvalue weighted by atomic mass is 10.3. The summed E-state index contributed by atoms with van der Waals surface area (Å²) in [6.07, 6.45) is 3.04. The second-order valence-electron chi connectivity index (χ2n) is 3.27. The van der Waals surface area contributed by atoms with E-state index in [-0.39, 0.29) is 5.69 Å². The number of nitrogens with one attached hydrogen (secondary N) is 1. The minimum atomic E-state index is -0.463. The minimum absolute atomic E-state index is 0.262. The van der Waals surface area contributed by atoms with Gasteiger partial charge in [0.15, 0.2) is 0 Å². The molecule has 0 aromatic carbocycles. The quantitative estimate of drug-likeness (QED) is 0.806. The average molecular weight is 233 g/mol. The van der Waals surface area contributed by atoms with Crippen molar-refractivity contribution in [3.05, 3.63) is 42.0 Å². The third-order valence-electron chi connectivity index (χ3n) is 2.12. The number of ether oxygens (including phenoxy) is 1. The normalized spacial score (nSPS) is 9.94. The standard InChI is InChI=1S/C11H11N3O3/c1-16-11(15)10-6-8(2-4-12-10)13-7-9-3-5-17-14-9/h2-6H,7H2,1H3,(H,12,13). The van der Waals surface area contributed by atoms with Crippen LogP contribution in [0.1, 0.15) is 16.2 Å². The maximum atomic E-state index is 11.3. The van der Waals surface area contributed by atoms with Gasteiger partial charge in [-0.05, 0) is 12.1 Å². The summed E-state index contributed by atoms with van der Waals surface area (Å²) in [7, 11) is 1.32. The van der Waals surface area contributed by atoms with Gasteiger partial charge in [-0.25, -0.2) is 9.78 Å². The van der Waals surface area contributed by atoms with Gasteiger partial charge < -0.3 is 14.6 Å². The fourth-order valence-corrected chi connectivity index (χ4v) is 1.28. The van der Waals surface area contributed by atoms with E-state index in [1.807, 2.05) is 0 Å². The Morgan fingerprint density at radius 3 is 3.12 bits per heavy atom. The maximum absolute atomic E-state index is 11.3. The van der Waals surface area contributed by atoms with Gasteiger partial charge in [0.1, 0.15) is 17.7 Å². The molecule has 0 saturated heterocycles. The van der Waals surface area contributed by atoms with E-state index < -0.39 is 5.97 Å². The molecule has 0 fully saturated rings. The van der Waals surface area contributed by atoms with Crippen LogP contribution in [0.15, 0.2) is 35.2 Å². The zero-order valence-electron chi connectivity index (χ0n) is 9.21. The minimum Gasteiger partial charge on any atom is -0.464 e. The van der Waals surface area contributed by atoms with E-state index in [9.17, 15) is 4.79 Å². The lowest BCUT2D eigenvalue weighted by Crippen LogP contribution is -2.06. The first-order valence-electron chi connectivity index (χ1n) is 4.97. The molecule has 0 atom stereocenters. The Bertz CT molecular complexity index is 496. The Kier molecular flexibility index (Phi) is 3.34. The van der Waals surface area contributed by atoms with E-state index in [2.05, 4.69) is 20.2 Å². The summed E-state index contributed by atoms with van der Waals surface area (Å²) >= 11 is 0. The number of rotatable bonds is 4. The highest BCUT2D eigenvalue weighted by molar-refractivity contribution is 5.88. The highest BCUT2D eigenvalue weighted by atomic mass is 16.5. The van der Waals surface area contributed by atoms with Gasteiger partial charge in [0.05, 0.1) is 13.7 Å². The molecule has 2 aromatic heterocycles. The molecule has 0 unspecified atom stereocenters. The van der Waals surface area contributed by atoms with Gasteiger partial charge >= 0.3 is 5.97 Å². The summed E-state index contributed by atoms with van der Waals surface area (Å²) in [5.74, 6) is -0.463. The summed E-state index contributed by atoms with van der Waals surface area (Å²) < 4.78 is 9.29. The van der Waals surface area contributed by atoms with Crippen molar-refractivity contribution in [2.45, 2.75) is 6.54 Å². The van der Waals surface area contributed by atoms with E-state index in [0.717, 1.165) is 11.4 Å². The van der Waals surface area contributed by atoms with E-state index >= 15 is 0 Å². The second kappa shape index (κ2) is 5.11. The molecule has 88 valence electrons. The zero-order chi connectivity index (χ0) is 12.1. The first-order valence-corrected chi connectivity index (χ1v) is 4.97. The Hall–Kier alpha value is -2.37. The predicted molar refractivity (Wildman–Crippen MR) is 59.4 cm³/mol. The topological polar surface area (TPSA) is 77.2 Å². The fourth-order valence-electron chi connectivity index (χ4n) is 1.28. The predicted octanol–water partition coefficient (Wildman–Crippen LogP) is 1.47. The molecular weight excluding hydrogens is 222 g/mol. The van der Waals surface area contributed by atoms with Gasteiger partial charge in [-0.15, -0.1) is 0 Å². The highest BCUT2D eigenvalue weighted by Gasteiger charge is 2.07. The third-order valence-corrected chi connectivity index (χ3v) is 2.12. The number of anilines is 1. The van der Waals surface area contributed by atoms with Crippen molar-refractivity contribution in [3.63, 3.8) is 0 Å². The van der Waals surface area contributed by atoms with Crippen molar-refractivity contribution in [2.24, 2.45) is 0 Å². The number of carbonyl (C=O) groups excluding carboxylic acids is 1. The molecular formula is C11H11N3O3. The van der Waals surface area contributed by atoms with Crippen LogP contribution < -0.4 is 5.32 Å². The van der Waals surface area contributed by atoms with Crippen LogP contribution in [0.3, 0.4) is 0 Å². The molecule has 0 bridgehead atoms. The van der Waals surface area contributed by atoms with Crippen molar-refractivity contribution >= 4 is 11.7 Å². The lowest BCUT2D eigenvalue weighted by molar-refractivity contribution is 0.0594. The number of aromatic nitrogens is 2. The average Bonchev–Trinajstić information content (AvgIpc) is 2.89. The Morgan fingerprint density at radius 1 is 1.53 bits per heavy atom. The van der Waals surface area contributed by atoms with Crippen LogP contribution >= 0.6 is 0 Å². The number of hydrogen-bond donors (Lipinski definition) is 1. The number of hydrogen-bond acceptors (Lipinski definition) is 6. The molecule has 2 heterocycles. The number of carbonyl (C=O) groups is 1. The van der Waals surface area contributed by atoms with Crippen LogP contribution in [-0.2, 0) is 11.3 Å². The summed E-state index contributed by atoms with van der Waals surface area (Å²) in [6.45, 7) is 0.515. The number of methoxy groups -OCH3 is 1. The van der Waals surface area contributed by atoms with Crippen molar-refractivity contribution < 1.29 is 14.1 Å². The van der Waals surface area contributed by atoms with Crippen LogP contribution in [0.25, 0.3) is 0 Å². The second-order valence-corrected chi connectivity index (χ2v) is 3.27. The molecule has 2 aromatic rings. The largest absolute Gasteiger partial charge is 0.464 e. The third kappa shape index (κ3) is 2.81. The summed E-state index contributed by atoms with van der Waals surface area (Å²) in [4.78, 5) is 15.2. The molecule has 0 aliphatic rings. The Morgan fingerprint density at radius 2 is 2.41 bits per heavy atom. The SMILES string of the molecule is COC(=O)c1cc(NCc2ccon2)ccn1. The van der Waals surface area contributed by atoms with Gasteiger partial charge in [0, 0.05) is 18.0 Å². The zero-order valence-corrected chi connectivity index (χ0v) is 9.21. The first kappa shape index (κ1) is 11.1. The molecule has 0 saturated carbocycles. The van der Waals surface area contributed by atoms with Crippen LogP contribution in [-0.4, -0.2) is 23.2 Å². The number of nitrogens with zero attached hydrogens (tertiary/aromatic N) is 2. The van der Waals surface area contributed by atoms with Crippen LogP contribution in [0.2, 0.25) is 0 Å². The first-order chi connectivity index (χ1) is 8.29. The highest BCUT2D eigenvalue weighted by Crippen LogP contribution is 2.10. The molecule has 0 radical (unpaired) electrons. The maximum Gasteiger partial charge on any atom is 0.356 e. The molecule has 2 rings (SSSR count). The number of pyridine rings is 1. The van der Waals surface area contributed by atoms with Gasteiger partial charge in [-0.3, -0.25) is 0 Å². The summed E-state index contributed by atoms with van der Waals surface area (Å²) in [5, 5.41) is 6.86. The van der Waals surface area contributed by atoms with E-state index in [1.165, 1.54) is 19.6 Å². The molecule has 6 nitrogen and oxygen atoms in total. The van der Waals surface area contributed by atoms with Crippen LogP contribution in [0, 0.1) is 0 Å². The van der Waals surface area contributed by atoms with Crippen LogP contribution in [0.5, 0.6) is 0 Å². The van der Waals surface area contributed by atoms with Crippen molar-refractivity contribution in [1.29, 1.82) is 0 Å². The molecule has 1 N–H and O–H groups in total. The van der Waals surface area contributed by atoms with Gasteiger partial charge in [0.25, 0.3) is 0 Å². The van der Waals surface area contributed by atoms with E-state index in [0.29, 0.717) is 6.54 Å². The van der Waals surface area contributed by atoms with Crippen molar-refractivity contribution in [1.82, 2.24) is 10.1 Å². The fraction of sp³-hybridized carbons (Fsp3) is 0.182. The number of esters is 1. The molecule has 0 amide bonds. The van der Waals surface area contributed by atoms with Gasteiger partial charge in [-0.2, -0.15) is 0 Å². The molecule has 0 spiro atoms. The molecule has 0 aliphatic carbocycles. The summed E-state index contributed by atoms with van der Waals surface area (Å²) in [6, 6.07) is 5.13. The van der Waals surface area contributed by atoms with E-state index in [4.69, 9.17) is 4.52 Å². The molecule has 6 heteroatoms. The summed E-state index contributed by atoms with van der Waals surface area (Å²) in [5.41, 5.74) is 1.81. The molecule has 17 heavy (non-hydrogen) atoms. The van der Waals surface area contributed by atoms with Crippen LogP contribution in [0.4, 0.5) is 5.69 Å². The smallest absolute Gasteiger partial charge is 0.356 e. The Balaban J connectivity index is 2.03. The monoisotopic (exact) mass is 233 g/mol. The Labute approximate surface area is 97.6 Å². The molecule has 0 aliphatic heterocycles. The lowest BCUT2D eigenvalue weighted by Gasteiger charge is -2.05. The van der Waals surface area contributed by atoms with Gasteiger partial charge in [0.2, 0.25) is 0 Å².